The molecule has 0 radical (unpaired) electrons. The van der Waals surface area contributed by atoms with E-state index >= 15 is 0 Å². The van der Waals surface area contributed by atoms with Gasteiger partial charge in [0.15, 0.2) is 11.6 Å². The fourth-order valence-corrected chi connectivity index (χ4v) is 1.51. The molecule has 2 aromatic carbocycles. The number of quaternary nitrogens is 1. The third kappa shape index (κ3) is 2.43. The minimum atomic E-state index is -0.290. The van der Waals surface area contributed by atoms with Crippen LogP contribution in [-0.2, 0) is 0 Å². The molecule has 0 spiro atoms. The molecule has 0 aliphatic carbocycles. The van der Waals surface area contributed by atoms with Crippen LogP contribution in [0.5, 0.6) is 5.75 Å². The highest BCUT2D eigenvalue weighted by Gasteiger charge is 2.07. The number of fused-ring (bicyclic) bond motifs is 1. The van der Waals surface area contributed by atoms with Crippen molar-refractivity contribution in [3.05, 3.63) is 42.2 Å². The second-order valence-corrected chi connectivity index (χ2v) is 3.30. The first-order valence-electron chi connectivity index (χ1n) is 4.92. The Kier molecular flexibility index (Phi) is 4.52. The Morgan fingerprint density at radius 1 is 1.12 bits per heavy atom. The maximum Gasteiger partial charge on any atom is 0.172 e. The summed E-state index contributed by atoms with van der Waals surface area (Å²) in [7, 11) is 0. The monoisotopic (exact) mass is 241 g/mol. The molecule has 0 fully saturated rings. The normalized spacial score (nSPS) is 9.88. The smallest absolute Gasteiger partial charge is 0.172 e. The van der Waals surface area contributed by atoms with Gasteiger partial charge in [-0.05, 0) is 11.5 Å². The Balaban J connectivity index is 0.00000128. The molecule has 0 unspecified atom stereocenters. The van der Waals surface area contributed by atoms with Crippen LogP contribution < -0.4 is 22.9 Å². The van der Waals surface area contributed by atoms with E-state index in [0.29, 0.717) is 24.3 Å². The Bertz CT molecular complexity index is 476. The van der Waals surface area contributed by atoms with E-state index in [1.807, 2.05) is 24.3 Å². The maximum atomic E-state index is 13.8. The van der Waals surface area contributed by atoms with Gasteiger partial charge in [-0.25, -0.2) is 4.39 Å². The summed E-state index contributed by atoms with van der Waals surface area (Å²) in [6, 6.07) is 10.9. The van der Waals surface area contributed by atoms with Gasteiger partial charge < -0.3 is 22.9 Å². The fraction of sp³-hybridized carbons (Fsp3) is 0.167. The predicted octanol–water partition coefficient (Wildman–Crippen LogP) is -1.40. The van der Waals surface area contributed by atoms with Crippen molar-refractivity contribution in [2.75, 3.05) is 13.2 Å². The highest BCUT2D eigenvalue weighted by Crippen LogP contribution is 2.25. The molecule has 0 aliphatic rings. The van der Waals surface area contributed by atoms with Crippen LogP contribution in [0.2, 0.25) is 0 Å². The summed E-state index contributed by atoms with van der Waals surface area (Å²) >= 11 is 0. The second kappa shape index (κ2) is 5.68. The molecule has 3 N–H and O–H groups in total. The summed E-state index contributed by atoms with van der Waals surface area (Å²) in [6.45, 7) is 1.07. The summed E-state index contributed by atoms with van der Waals surface area (Å²) in [4.78, 5) is 0. The van der Waals surface area contributed by atoms with Crippen molar-refractivity contribution in [3.8, 4) is 5.75 Å². The molecule has 86 valence electrons. The second-order valence-electron chi connectivity index (χ2n) is 3.30. The number of hydrogen-bond acceptors (Lipinski definition) is 1. The lowest BCUT2D eigenvalue weighted by molar-refractivity contribution is -0.371. The highest BCUT2D eigenvalue weighted by atomic mass is 35.5. The van der Waals surface area contributed by atoms with Crippen LogP contribution in [0.15, 0.2) is 36.4 Å². The van der Waals surface area contributed by atoms with Gasteiger partial charge >= 0.3 is 0 Å². The maximum absolute atomic E-state index is 13.8. The van der Waals surface area contributed by atoms with Crippen molar-refractivity contribution in [2.24, 2.45) is 0 Å². The van der Waals surface area contributed by atoms with Crippen LogP contribution in [0.1, 0.15) is 0 Å². The molecule has 2 nitrogen and oxygen atoms in total. The first-order valence-corrected chi connectivity index (χ1v) is 4.92. The number of ether oxygens (including phenoxy) is 1. The van der Waals surface area contributed by atoms with E-state index in [-0.39, 0.29) is 18.2 Å². The van der Waals surface area contributed by atoms with Crippen LogP contribution in [0.4, 0.5) is 4.39 Å². The van der Waals surface area contributed by atoms with Gasteiger partial charge in [0.2, 0.25) is 0 Å². The zero-order valence-corrected chi connectivity index (χ0v) is 9.51. The van der Waals surface area contributed by atoms with Crippen molar-refractivity contribution in [1.29, 1.82) is 0 Å². The average Bonchev–Trinajstić information content (AvgIpc) is 2.29. The molecule has 0 aliphatic heterocycles. The number of halogens is 2. The van der Waals surface area contributed by atoms with Gasteiger partial charge in [-0.2, -0.15) is 0 Å². The summed E-state index contributed by atoms with van der Waals surface area (Å²) in [5.41, 5.74) is 3.65. The quantitative estimate of drug-likeness (QED) is 0.706. The standard InChI is InChI=1S/C12H12FNO.ClH/c13-12-10-4-2-1-3-9(10)5-6-11(12)15-8-7-14;/h1-6H,7-8,14H2;1H. The molecular formula is C12H13ClFNO. The molecular weight excluding hydrogens is 229 g/mol. The first-order chi connectivity index (χ1) is 7.33. The number of hydrogen-bond donors (Lipinski definition) is 1. The summed E-state index contributed by atoms with van der Waals surface area (Å²) in [6.07, 6.45) is 0. The lowest BCUT2D eigenvalue weighted by Crippen LogP contribution is -3.00. The Hall–Kier alpha value is -1.32. The third-order valence-electron chi connectivity index (χ3n) is 2.23. The molecule has 16 heavy (non-hydrogen) atoms. The predicted molar refractivity (Wildman–Crippen MR) is 57.2 cm³/mol. The van der Waals surface area contributed by atoms with E-state index < -0.39 is 0 Å². The van der Waals surface area contributed by atoms with Crippen LogP contribution in [0.3, 0.4) is 0 Å². The molecule has 0 aromatic heterocycles. The van der Waals surface area contributed by atoms with E-state index in [0.717, 1.165) is 5.39 Å². The number of benzene rings is 2. The van der Waals surface area contributed by atoms with Gasteiger partial charge in [0, 0.05) is 5.39 Å². The SMILES string of the molecule is [Cl-].[NH3+]CCOc1ccc2ccccc2c1F. The van der Waals surface area contributed by atoms with Gasteiger partial charge in [0.05, 0.1) is 0 Å². The zero-order valence-electron chi connectivity index (χ0n) is 8.75. The molecule has 0 saturated carbocycles. The zero-order chi connectivity index (χ0) is 10.7. The van der Waals surface area contributed by atoms with E-state index in [1.54, 1.807) is 12.1 Å². The van der Waals surface area contributed by atoms with Crippen molar-refractivity contribution in [2.45, 2.75) is 0 Å². The molecule has 2 aromatic rings. The molecule has 0 amide bonds. The lowest BCUT2D eigenvalue weighted by Gasteiger charge is -2.06. The van der Waals surface area contributed by atoms with E-state index in [2.05, 4.69) is 5.73 Å². The largest absolute Gasteiger partial charge is 1.00 e. The molecule has 0 bridgehead atoms. The summed E-state index contributed by atoms with van der Waals surface area (Å²) < 4.78 is 19.1. The van der Waals surface area contributed by atoms with E-state index in [9.17, 15) is 4.39 Å². The molecule has 0 saturated heterocycles. The van der Waals surface area contributed by atoms with Gasteiger partial charge in [0.1, 0.15) is 13.2 Å². The van der Waals surface area contributed by atoms with E-state index in [1.165, 1.54) is 0 Å². The summed E-state index contributed by atoms with van der Waals surface area (Å²) in [5, 5.41) is 1.48. The molecule has 4 heteroatoms. The lowest BCUT2D eigenvalue weighted by atomic mass is 10.1. The van der Waals surface area contributed by atoms with Gasteiger partial charge in [-0.15, -0.1) is 0 Å². The van der Waals surface area contributed by atoms with Crippen LogP contribution in [0.25, 0.3) is 10.8 Å². The van der Waals surface area contributed by atoms with Crippen LogP contribution in [-0.4, -0.2) is 13.2 Å². The minimum absolute atomic E-state index is 0. The fourth-order valence-electron chi connectivity index (χ4n) is 1.51. The third-order valence-corrected chi connectivity index (χ3v) is 2.23. The highest BCUT2D eigenvalue weighted by molar-refractivity contribution is 5.84. The molecule has 2 rings (SSSR count). The van der Waals surface area contributed by atoms with E-state index in [4.69, 9.17) is 4.74 Å². The molecule has 0 heterocycles. The Labute approximate surface area is 99.6 Å². The van der Waals surface area contributed by atoms with Crippen LogP contribution >= 0.6 is 0 Å². The Morgan fingerprint density at radius 2 is 1.88 bits per heavy atom. The topological polar surface area (TPSA) is 36.9 Å². The van der Waals surface area contributed by atoms with Crippen molar-refractivity contribution in [1.82, 2.24) is 0 Å². The van der Waals surface area contributed by atoms with Gasteiger partial charge in [0.25, 0.3) is 0 Å². The van der Waals surface area contributed by atoms with Gasteiger partial charge in [-0.1, -0.05) is 30.3 Å². The minimum Gasteiger partial charge on any atom is -1.00 e. The Morgan fingerprint density at radius 3 is 2.62 bits per heavy atom. The van der Waals surface area contributed by atoms with Crippen molar-refractivity contribution in [3.63, 3.8) is 0 Å². The van der Waals surface area contributed by atoms with Crippen LogP contribution in [0, 0.1) is 5.82 Å². The number of rotatable bonds is 3. The first kappa shape index (κ1) is 12.7. The van der Waals surface area contributed by atoms with Gasteiger partial charge in [-0.3, -0.25) is 0 Å². The molecule has 0 atom stereocenters. The summed E-state index contributed by atoms with van der Waals surface area (Å²) in [5.74, 6) is 0.0129. The van der Waals surface area contributed by atoms with Crippen molar-refractivity contribution >= 4 is 10.8 Å². The van der Waals surface area contributed by atoms with Crippen molar-refractivity contribution < 1.29 is 27.3 Å². The average molecular weight is 242 g/mol.